The number of hydrogen-bond acceptors (Lipinski definition) is 5. The fourth-order valence-electron chi connectivity index (χ4n) is 3.45. The van der Waals surface area contributed by atoms with E-state index in [1.165, 1.54) is 32.0 Å². The Morgan fingerprint density at radius 2 is 1.59 bits per heavy atom. The van der Waals surface area contributed by atoms with Crippen molar-refractivity contribution in [1.29, 1.82) is 0 Å². The number of carboxylic acid groups (broad SMARTS) is 1. The number of Topliss-reactive ketones (excluding diaryl/α,β-unsaturated/α-hetero) is 1. The molecule has 3 N–H and O–H groups in total. The molecule has 0 amide bonds. The van der Waals surface area contributed by atoms with Gasteiger partial charge in [-0.2, -0.15) is 0 Å². The van der Waals surface area contributed by atoms with Crippen LogP contribution in [0.1, 0.15) is 41.8 Å². The summed E-state index contributed by atoms with van der Waals surface area (Å²) in [6.07, 6.45) is -0.135. The molecule has 0 radical (unpaired) electrons. The van der Waals surface area contributed by atoms with Gasteiger partial charge in [0.1, 0.15) is 23.2 Å². The Kier molecular flexibility index (Phi) is 6.76. The first-order chi connectivity index (χ1) is 15.9. The Hall–Kier alpha value is -4.14. The van der Waals surface area contributed by atoms with Crippen LogP contribution in [0.4, 0.5) is 14.6 Å². The molecular weight excluding hydrogens is 446 g/mol. The predicted octanol–water partition coefficient (Wildman–Crippen LogP) is 3.54. The molecule has 0 saturated heterocycles. The van der Waals surface area contributed by atoms with E-state index in [1.807, 2.05) is 0 Å². The van der Waals surface area contributed by atoms with Crippen molar-refractivity contribution in [3.63, 3.8) is 0 Å². The molecule has 0 unspecified atom stereocenters. The van der Waals surface area contributed by atoms with E-state index in [0.717, 1.165) is 22.8 Å². The second-order valence-electron chi connectivity index (χ2n) is 8.51. The molecule has 34 heavy (non-hydrogen) atoms. The van der Waals surface area contributed by atoms with Crippen LogP contribution in [0.5, 0.6) is 0 Å². The quantitative estimate of drug-likeness (QED) is 0.488. The molecule has 176 valence electrons. The molecule has 0 aliphatic heterocycles. The van der Waals surface area contributed by atoms with Crippen molar-refractivity contribution in [2.45, 2.75) is 26.7 Å². The van der Waals surface area contributed by atoms with Crippen LogP contribution < -0.4 is 11.3 Å². The summed E-state index contributed by atoms with van der Waals surface area (Å²) < 4.78 is 28.3. The lowest BCUT2D eigenvalue weighted by Gasteiger charge is -2.18. The molecule has 9 heteroatoms. The van der Waals surface area contributed by atoms with E-state index in [9.17, 15) is 33.1 Å². The minimum absolute atomic E-state index is 0.00371. The zero-order valence-corrected chi connectivity index (χ0v) is 18.5. The topological polar surface area (TPSA) is 119 Å². The Balaban J connectivity index is 1.89. The molecule has 1 aromatic heterocycles. The summed E-state index contributed by atoms with van der Waals surface area (Å²) in [5.74, 6) is -4.26. The summed E-state index contributed by atoms with van der Waals surface area (Å²) in [7, 11) is 0. The number of hydrogen-bond donors (Lipinski definition) is 2. The summed E-state index contributed by atoms with van der Waals surface area (Å²) in [6, 6.07) is 11.0. The van der Waals surface area contributed by atoms with Crippen LogP contribution in [0.2, 0.25) is 0 Å². The fourth-order valence-corrected chi connectivity index (χ4v) is 3.45. The number of carboxylic acids is 1. The fraction of sp³-hybridized carbons (Fsp3) is 0.200. The van der Waals surface area contributed by atoms with Crippen molar-refractivity contribution in [2.75, 3.05) is 5.73 Å². The highest BCUT2D eigenvalue weighted by atomic mass is 19.1. The van der Waals surface area contributed by atoms with Gasteiger partial charge >= 0.3 is 5.97 Å². The van der Waals surface area contributed by atoms with Gasteiger partial charge in [0.15, 0.2) is 5.78 Å². The van der Waals surface area contributed by atoms with Crippen LogP contribution in [-0.4, -0.2) is 27.2 Å². The lowest BCUT2D eigenvalue weighted by Crippen LogP contribution is -2.27. The average Bonchev–Trinajstić information content (AvgIpc) is 2.74. The van der Waals surface area contributed by atoms with Gasteiger partial charge in [0.2, 0.25) is 0 Å². The number of aromatic nitrogens is 1. The summed E-state index contributed by atoms with van der Waals surface area (Å²) in [5, 5.41) is 9.17. The molecule has 0 aliphatic carbocycles. The van der Waals surface area contributed by atoms with Gasteiger partial charge in [0, 0.05) is 25.0 Å². The van der Waals surface area contributed by atoms with Gasteiger partial charge < -0.3 is 10.8 Å². The van der Waals surface area contributed by atoms with Gasteiger partial charge in [0.25, 0.3) is 5.56 Å². The van der Waals surface area contributed by atoms with E-state index in [2.05, 4.69) is 0 Å². The highest BCUT2D eigenvalue weighted by Crippen LogP contribution is 2.23. The third-order valence-corrected chi connectivity index (χ3v) is 5.36. The normalized spacial score (nSPS) is 11.3. The molecule has 0 bridgehead atoms. The van der Waals surface area contributed by atoms with Crippen molar-refractivity contribution in [3.8, 4) is 5.69 Å². The highest BCUT2D eigenvalue weighted by Gasteiger charge is 2.30. The van der Waals surface area contributed by atoms with Crippen LogP contribution in [0.15, 0.2) is 59.4 Å². The summed E-state index contributed by atoms with van der Waals surface area (Å²) in [5.41, 5.74) is 4.73. The molecule has 0 aliphatic rings. The van der Waals surface area contributed by atoms with Gasteiger partial charge in [-0.1, -0.05) is 12.1 Å². The molecule has 0 saturated carbocycles. The van der Waals surface area contributed by atoms with E-state index >= 15 is 0 Å². The smallest absolute Gasteiger partial charge is 0.309 e. The standard InChI is InChI=1S/C25H22F2N2O5/c1-25(2,24(33)34)13-17(30)11-14-3-6-16(7-4-14)29-21(31)10-9-19(23(29)28)22(32)18-8-5-15(26)12-20(18)27/h3-10,12H,11,13,28H2,1-2H3,(H,33,34). The Morgan fingerprint density at radius 1 is 0.971 bits per heavy atom. The Bertz CT molecular complexity index is 1340. The number of nitrogens with two attached hydrogens (primary N) is 1. The second-order valence-corrected chi connectivity index (χ2v) is 8.51. The van der Waals surface area contributed by atoms with Gasteiger partial charge in [-0.15, -0.1) is 0 Å². The molecule has 3 aromatic rings. The molecule has 2 aromatic carbocycles. The minimum atomic E-state index is -1.18. The number of benzene rings is 2. The Morgan fingerprint density at radius 3 is 2.18 bits per heavy atom. The van der Waals surface area contributed by atoms with Crippen LogP contribution in [0.3, 0.4) is 0 Å². The first kappa shape index (κ1) is 24.5. The minimum Gasteiger partial charge on any atom is -0.481 e. The van der Waals surface area contributed by atoms with Gasteiger partial charge in [-0.05, 0) is 49.7 Å². The SMILES string of the molecule is CC(C)(CC(=O)Cc1ccc(-n2c(N)c(C(=O)c3ccc(F)cc3F)ccc2=O)cc1)C(=O)O. The first-order valence-corrected chi connectivity index (χ1v) is 10.3. The molecule has 7 nitrogen and oxygen atoms in total. The van der Waals surface area contributed by atoms with E-state index < -0.39 is 39.9 Å². The molecule has 3 rings (SSSR count). The van der Waals surface area contributed by atoms with E-state index in [1.54, 1.807) is 12.1 Å². The lowest BCUT2D eigenvalue weighted by atomic mass is 9.86. The first-order valence-electron chi connectivity index (χ1n) is 10.3. The zero-order chi connectivity index (χ0) is 25.2. The number of nitrogen functional groups attached to an aromatic ring is 1. The molecule has 0 atom stereocenters. The Labute approximate surface area is 193 Å². The maximum Gasteiger partial charge on any atom is 0.309 e. The van der Waals surface area contributed by atoms with Crippen LogP contribution in [-0.2, 0) is 16.0 Å². The van der Waals surface area contributed by atoms with E-state index in [0.29, 0.717) is 17.3 Å². The van der Waals surface area contributed by atoms with Gasteiger partial charge in [-0.25, -0.2) is 8.78 Å². The largest absolute Gasteiger partial charge is 0.481 e. The van der Waals surface area contributed by atoms with Crippen LogP contribution in [0, 0.1) is 17.0 Å². The number of nitrogens with zero attached hydrogens (tertiary/aromatic N) is 1. The molecule has 0 fully saturated rings. The number of aliphatic carboxylic acids is 1. The average molecular weight is 468 g/mol. The number of ketones is 2. The number of anilines is 1. The second kappa shape index (κ2) is 9.38. The molecule has 1 heterocycles. The maximum absolute atomic E-state index is 14.1. The van der Waals surface area contributed by atoms with E-state index in [-0.39, 0.29) is 30.0 Å². The number of rotatable bonds is 8. The summed E-state index contributed by atoms with van der Waals surface area (Å²) >= 11 is 0. The number of pyridine rings is 1. The third kappa shape index (κ3) is 5.09. The van der Waals surface area contributed by atoms with E-state index in [4.69, 9.17) is 5.73 Å². The summed E-state index contributed by atoms with van der Waals surface area (Å²) in [4.78, 5) is 48.8. The summed E-state index contributed by atoms with van der Waals surface area (Å²) in [6.45, 7) is 2.94. The van der Waals surface area contributed by atoms with Crippen molar-refractivity contribution in [3.05, 3.63) is 93.3 Å². The van der Waals surface area contributed by atoms with Gasteiger partial charge in [0.05, 0.1) is 22.2 Å². The van der Waals surface area contributed by atoms with Crippen molar-refractivity contribution >= 4 is 23.4 Å². The zero-order valence-electron chi connectivity index (χ0n) is 18.5. The van der Waals surface area contributed by atoms with Crippen molar-refractivity contribution < 1.29 is 28.3 Å². The van der Waals surface area contributed by atoms with Gasteiger partial charge in [-0.3, -0.25) is 23.7 Å². The third-order valence-electron chi connectivity index (χ3n) is 5.36. The maximum atomic E-state index is 14.1. The predicted molar refractivity (Wildman–Crippen MR) is 121 cm³/mol. The van der Waals surface area contributed by atoms with Crippen LogP contribution in [0.25, 0.3) is 5.69 Å². The number of carbonyl (C=O) groups is 3. The number of carbonyl (C=O) groups excluding carboxylic acids is 2. The van der Waals surface area contributed by atoms with Crippen molar-refractivity contribution in [2.24, 2.45) is 5.41 Å². The molecular formula is C25H22F2N2O5. The monoisotopic (exact) mass is 468 g/mol. The highest BCUT2D eigenvalue weighted by molar-refractivity contribution is 6.11. The van der Waals surface area contributed by atoms with Crippen LogP contribution >= 0.6 is 0 Å². The molecule has 0 spiro atoms. The van der Waals surface area contributed by atoms with Crippen molar-refractivity contribution in [1.82, 2.24) is 4.57 Å². The lowest BCUT2D eigenvalue weighted by molar-refractivity contribution is -0.149. The number of halogens is 2.